The Morgan fingerprint density at radius 1 is 0.281 bits per heavy atom. The van der Waals surface area contributed by atoms with E-state index >= 15 is 0 Å². The average molecular weight is 455 g/mol. The fourth-order valence-corrected chi connectivity index (χ4v) is 4.34. The molecule has 1 nitrogen and oxygen atoms in total. The van der Waals surface area contributed by atoms with Crippen LogP contribution in [-0.2, 0) is 0 Å². The highest BCUT2D eigenvalue weighted by molar-refractivity contribution is 4.49. The van der Waals surface area contributed by atoms with Crippen LogP contribution < -0.4 is 0 Å². The van der Waals surface area contributed by atoms with Gasteiger partial charge < -0.3 is 4.48 Å². The molecule has 0 aromatic carbocycles. The molecule has 0 aromatic heterocycles. The number of quaternary nitrogens is 1. The molecule has 0 unspecified atom stereocenters. The molecule has 0 amide bonds. The lowest BCUT2D eigenvalue weighted by molar-refractivity contribution is -0.870. The summed E-state index contributed by atoms with van der Waals surface area (Å²) in [5.74, 6) is 0. The van der Waals surface area contributed by atoms with Gasteiger partial charge in [-0.1, -0.05) is 162 Å². The van der Waals surface area contributed by atoms with Gasteiger partial charge in [0, 0.05) is 0 Å². The van der Waals surface area contributed by atoms with Crippen LogP contribution in [0, 0.1) is 0 Å². The Kier molecular flexibility index (Phi) is 30.9. The van der Waals surface area contributed by atoms with Gasteiger partial charge in [-0.3, -0.25) is 0 Å². The molecule has 32 heavy (non-hydrogen) atoms. The van der Waals surface area contributed by atoms with Gasteiger partial charge in [-0.15, -0.1) is 0 Å². The van der Waals surface area contributed by atoms with Gasteiger partial charge in [0.05, 0.1) is 27.7 Å². The molecule has 0 rings (SSSR count). The molecule has 0 bridgehead atoms. The summed E-state index contributed by atoms with van der Waals surface area (Å²) in [5, 5.41) is 0. The maximum atomic E-state index is 2.29. The quantitative estimate of drug-likeness (QED) is 0.100. The van der Waals surface area contributed by atoms with Gasteiger partial charge in [0.1, 0.15) is 0 Å². The summed E-state index contributed by atoms with van der Waals surface area (Å²) in [4.78, 5) is 0. The topological polar surface area (TPSA) is 0 Å². The fraction of sp³-hybridized carbons (Fsp3) is 1.00. The SMILES string of the molecule is CCCCCCCCCCCC.CCCCCCCCCCCCCCCC[N+](C)(C)C. The average Bonchev–Trinajstić information content (AvgIpc) is 2.75. The van der Waals surface area contributed by atoms with E-state index in [9.17, 15) is 0 Å². The van der Waals surface area contributed by atoms with Crippen LogP contribution in [0.15, 0.2) is 0 Å². The number of hydrogen-bond donors (Lipinski definition) is 0. The molecule has 0 saturated carbocycles. The lowest BCUT2D eigenvalue weighted by Crippen LogP contribution is -2.35. The number of rotatable bonds is 24. The Labute approximate surface area is 207 Å². The maximum absolute atomic E-state index is 2.29. The first-order chi connectivity index (χ1) is 15.5. The van der Waals surface area contributed by atoms with Crippen LogP contribution in [0.5, 0.6) is 0 Å². The Hall–Kier alpha value is -0.0400. The first-order valence-corrected chi connectivity index (χ1v) is 15.3. The van der Waals surface area contributed by atoms with Gasteiger partial charge in [-0.2, -0.15) is 0 Å². The van der Waals surface area contributed by atoms with Gasteiger partial charge in [0.2, 0.25) is 0 Å². The molecule has 0 fully saturated rings. The van der Waals surface area contributed by atoms with Crippen LogP contribution >= 0.6 is 0 Å². The second-order valence-electron chi connectivity index (χ2n) is 11.4. The second kappa shape index (κ2) is 29.0. The smallest absolute Gasteiger partial charge is 0.0780 e. The monoisotopic (exact) mass is 455 g/mol. The molecule has 0 spiro atoms. The lowest BCUT2D eigenvalue weighted by atomic mass is 10.0. The zero-order chi connectivity index (χ0) is 24.2. The van der Waals surface area contributed by atoms with Crippen molar-refractivity contribution in [1.82, 2.24) is 0 Å². The Morgan fingerprint density at radius 3 is 0.656 bits per heavy atom. The van der Waals surface area contributed by atoms with E-state index in [1.54, 1.807) is 0 Å². The van der Waals surface area contributed by atoms with E-state index in [1.165, 1.54) is 161 Å². The van der Waals surface area contributed by atoms with Crippen LogP contribution in [0.25, 0.3) is 0 Å². The Bertz CT molecular complexity index is 294. The van der Waals surface area contributed by atoms with Crippen molar-refractivity contribution in [3.63, 3.8) is 0 Å². The number of hydrogen-bond acceptors (Lipinski definition) is 0. The summed E-state index contributed by atoms with van der Waals surface area (Å²) < 4.78 is 1.12. The number of unbranched alkanes of at least 4 members (excludes halogenated alkanes) is 22. The second-order valence-corrected chi connectivity index (χ2v) is 11.4. The molecule has 196 valence electrons. The fourth-order valence-electron chi connectivity index (χ4n) is 4.34. The first-order valence-electron chi connectivity index (χ1n) is 15.3. The third-order valence-corrected chi connectivity index (χ3v) is 6.64. The minimum atomic E-state index is 1.12. The van der Waals surface area contributed by atoms with Crippen molar-refractivity contribution in [2.75, 3.05) is 27.7 Å². The van der Waals surface area contributed by atoms with Crippen molar-refractivity contribution in [3.05, 3.63) is 0 Å². The minimum absolute atomic E-state index is 1.12. The van der Waals surface area contributed by atoms with E-state index in [-0.39, 0.29) is 0 Å². The molecule has 0 aliphatic rings. The molecule has 0 aliphatic carbocycles. The van der Waals surface area contributed by atoms with Crippen LogP contribution in [-0.4, -0.2) is 32.2 Å². The molecule has 0 saturated heterocycles. The van der Waals surface area contributed by atoms with Gasteiger partial charge in [-0.25, -0.2) is 0 Å². The summed E-state index contributed by atoms with van der Waals surface area (Å²) in [6, 6.07) is 0. The normalized spacial score (nSPS) is 11.4. The number of nitrogens with zero attached hydrogens (tertiary/aromatic N) is 1. The summed E-state index contributed by atoms with van der Waals surface area (Å²) >= 11 is 0. The first kappa shape index (κ1) is 34.1. The van der Waals surface area contributed by atoms with Crippen LogP contribution in [0.3, 0.4) is 0 Å². The van der Waals surface area contributed by atoms with Gasteiger partial charge >= 0.3 is 0 Å². The summed E-state index contributed by atoms with van der Waals surface area (Å²) in [5.41, 5.74) is 0. The molecular weight excluding hydrogens is 386 g/mol. The molecule has 0 radical (unpaired) electrons. The lowest BCUT2D eigenvalue weighted by Gasteiger charge is -2.23. The minimum Gasteiger partial charge on any atom is -0.331 e. The van der Waals surface area contributed by atoms with E-state index < -0.39 is 0 Å². The third-order valence-electron chi connectivity index (χ3n) is 6.64. The van der Waals surface area contributed by atoms with E-state index in [2.05, 4.69) is 41.9 Å². The molecular formula is C31H68N+. The van der Waals surface area contributed by atoms with Gasteiger partial charge in [0.25, 0.3) is 0 Å². The van der Waals surface area contributed by atoms with Crippen molar-refractivity contribution < 1.29 is 4.48 Å². The zero-order valence-electron chi connectivity index (χ0n) is 24.1. The van der Waals surface area contributed by atoms with Gasteiger partial charge in [-0.05, 0) is 12.8 Å². The standard InChI is InChI=1S/C19H42N.C12H26/c1-5-6-7-8-9-10-11-12-13-14-15-16-17-18-19-20(2,3)4;1-3-5-7-9-11-12-10-8-6-4-2/h5-19H2,1-4H3;3-12H2,1-2H3/q+1;. The van der Waals surface area contributed by atoms with Crippen molar-refractivity contribution in [2.45, 2.75) is 175 Å². The van der Waals surface area contributed by atoms with Crippen LogP contribution in [0.2, 0.25) is 0 Å². The largest absolute Gasteiger partial charge is 0.331 e. The van der Waals surface area contributed by atoms with Crippen molar-refractivity contribution >= 4 is 0 Å². The van der Waals surface area contributed by atoms with Crippen molar-refractivity contribution in [1.29, 1.82) is 0 Å². The van der Waals surface area contributed by atoms with Crippen LogP contribution in [0.4, 0.5) is 0 Å². The molecule has 0 heterocycles. The highest BCUT2D eigenvalue weighted by Crippen LogP contribution is 2.13. The molecule has 0 N–H and O–H groups in total. The summed E-state index contributed by atoms with van der Waals surface area (Å²) in [6.07, 6.45) is 34.8. The van der Waals surface area contributed by atoms with E-state index in [4.69, 9.17) is 0 Å². The molecule has 1 heteroatoms. The predicted octanol–water partition coefficient (Wildman–Crippen LogP) is 11.1. The molecule has 0 atom stereocenters. The van der Waals surface area contributed by atoms with Crippen molar-refractivity contribution in [3.8, 4) is 0 Å². The zero-order valence-corrected chi connectivity index (χ0v) is 24.1. The predicted molar refractivity (Wildman–Crippen MR) is 151 cm³/mol. The Morgan fingerprint density at radius 2 is 0.469 bits per heavy atom. The van der Waals surface area contributed by atoms with Crippen molar-refractivity contribution in [2.24, 2.45) is 0 Å². The van der Waals surface area contributed by atoms with E-state index in [0.717, 1.165) is 4.48 Å². The molecule has 0 aromatic rings. The molecule has 0 aliphatic heterocycles. The summed E-state index contributed by atoms with van der Waals surface area (Å²) in [6.45, 7) is 8.18. The van der Waals surface area contributed by atoms with Crippen LogP contribution in [0.1, 0.15) is 175 Å². The van der Waals surface area contributed by atoms with E-state index in [0.29, 0.717) is 0 Å². The van der Waals surface area contributed by atoms with E-state index in [1.807, 2.05) is 0 Å². The highest BCUT2D eigenvalue weighted by Gasteiger charge is 2.04. The highest BCUT2D eigenvalue weighted by atomic mass is 15.3. The van der Waals surface area contributed by atoms with Gasteiger partial charge in [0.15, 0.2) is 0 Å². The Balaban J connectivity index is 0. The third kappa shape index (κ3) is 37.3. The summed E-state index contributed by atoms with van der Waals surface area (Å²) in [7, 11) is 6.88. The maximum Gasteiger partial charge on any atom is 0.0780 e.